The van der Waals surface area contributed by atoms with Gasteiger partial charge < -0.3 is 25.7 Å². The minimum absolute atomic E-state index is 0.259. The van der Waals surface area contributed by atoms with Gasteiger partial charge in [0.25, 0.3) is 0 Å². The van der Waals surface area contributed by atoms with E-state index in [1.807, 2.05) is 6.92 Å². The van der Waals surface area contributed by atoms with Gasteiger partial charge in [-0.2, -0.15) is 0 Å². The first kappa shape index (κ1) is 22.3. The Morgan fingerprint density at radius 3 is 2.60 bits per heavy atom. The van der Waals surface area contributed by atoms with E-state index < -0.39 is 0 Å². The van der Waals surface area contributed by atoms with Crippen LogP contribution < -0.4 is 11.5 Å². The average Bonchev–Trinajstić information content (AvgIpc) is 3.08. The van der Waals surface area contributed by atoms with Crippen LogP contribution in [0.2, 0.25) is 0 Å². The van der Waals surface area contributed by atoms with Crippen LogP contribution >= 0.6 is 0 Å². The Bertz CT molecular complexity index is 872. The Labute approximate surface area is 179 Å². The van der Waals surface area contributed by atoms with Crippen LogP contribution in [0.3, 0.4) is 0 Å². The van der Waals surface area contributed by atoms with Crippen molar-refractivity contribution < 1.29 is 9.53 Å². The van der Waals surface area contributed by atoms with Gasteiger partial charge in [-0.3, -0.25) is 0 Å². The predicted molar refractivity (Wildman–Crippen MR) is 119 cm³/mol. The molecule has 0 aliphatic heterocycles. The quantitative estimate of drug-likeness (QED) is 0.609. The molecule has 30 heavy (non-hydrogen) atoms. The number of hydrogen-bond acceptors (Lipinski definition) is 5. The monoisotopic (exact) mass is 416 g/mol. The van der Waals surface area contributed by atoms with Crippen molar-refractivity contribution in [2.45, 2.75) is 78.3 Å². The number of hydrogen-bond donors (Lipinski definition) is 2. The van der Waals surface area contributed by atoms with Crippen LogP contribution in [-0.2, 0) is 17.7 Å². The molecule has 0 bridgehead atoms. The van der Waals surface area contributed by atoms with E-state index in [4.69, 9.17) is 21.2 Å². The molecule has 0 saturated heterocycles. The number of carbonyl (C=O) groups is 1. The SMILES string of the molecule is CCCc1nc2c(N)nc(C)c(C)c2n1CCOCCN(C(N)=O)C1CCCCC1. The summed E-state index contributed by atoms with van der Waals surface area (Å²) in [6, 6.07) is -0.0832. The van der Waals surface area contributed by atoms with Crippen LogP contribution in [0.25, 0.3) is 11.0 Å². The number of ether oxygens (including phenoxy) is 1. The van der Waals surface area contributed by atoms with Crippen molar-refractivity contribution in [3.8, 4) is 0 Å². The van der Waals surface area contributed by atoms with Gasteiger partial charge in [-0.1, -0.05) is 26.2 Å². The third kappa shape index (κ3) is 4.86. The molecule has 0 unspecified atom stereocenters. The molecular formula is C22H36N6O2. The number of carbonyl (C=O) groups excluding carboxylic acids is 1. The first-order chi connectivity index (χ1) is 14.4. The molecule has 3 rings (SSSR count). The van der Waals surface area contributed by atoms with Crippen molar-refractivity contribution in [2.75, 3.05) is 25.5 Å². The number of anilines is 1. The van der Waals surface area contributed by atoms with Crippen molar-refractivity contribution in [3.63, 3.8) is 0 Å². The van der Waals surface area contributed by atoms with Gasteiger partial charge in [0.05, 0.1) is 18.7 Å². The Hall–Kier alpha value is -2.35. The predicted octanol–water partition coefficient (Wildman–Crippen LogP) is 3.31. The average molecular weight is 417 g/mol. The molecule has 1 fully saturated rings. The fourth-order valence-electron chi connectivity index (χ4n) is 4.49. The van der Waals surface area contributed by atoms with Crippen LogP contribution in [0.5, 0.6) is 0 Å². The zero-order chi connectivity index (χ0) is 21.7. The highest BCUT2D eigenvalue weighted by Crippen LogP contribution is 2.26. The minimum Gasteiger partial charge on any atom is -0.382 e. The highest BCUT2D eigenvalue weighted by molar-refractivity contribution is 5.88. The van der Waals surface area contributed by atoms with E-state index in [0.29, 0.717) is 32.1 Å². The smallest absolute Gasteiger partial charge is 0.315 e. The van der Waals surface area contributed by atoms with Crippen LogP contribution in [-0.4, -0.2) is 51.3 Å². The van der Waals surface area contributed by atoms with Crippen molar-refractivity contribution >= 4 is 22.9 Å². The molecule has 2 aromatic rings. The lowest BCUT2D eigenvalue weighted by molar-refractivity contribution is 0.0877. The fourth-order valence-corrected chi connectivity index (χ4v) is 4.49. The number of aryl methyl sites for hydroxylation is 3. The molecule has 0 spiro atoms. The minimum atomic E-state index is -0.342. The summed E-state index contributed by atoms with van der Waals surface area (Å²) in [5.41, 5.74) is 15.6. The second-order valence-electron chi connectivity index (χ2n) is 8.27. The van der Waals surface area contributed by atoms with Gasteiger partial charge in [0.15, 0.2) is 5.82 Å². The number of fused-ring (bicyclic) bond motifs is 1. The third-order valence-corrected chi connectivity index (χ3v) is 6.18. The van der Waals surface area contributed by atoms with Crippen molar-refractivity contribution in [1.82, 2.24) is 19.4 Å². The van der Waals surface area contributed by atoms with Crippen LogP contribution in [0.15, 0.2) is 0 Å². The van der Waals surface area contributed by atoms with Crippen molar-refractivity contribution in [2.24, 2.45) is 5.73 Å². The van der Waals surface area contributed by atoms with E-state index in [-0.39, 0.29) is 12.1 Å². The lowest BCUT2D eigenvalue weighted by Gasteiger charge is -2.33. The maximum Gasteiger partial charge on any atom is 0.315 e. The van der Waals surface area contributed by atoms with Crippen LogP contribution in [0.1, 0.15) is 62.5 Å². The van der Waals surface area contributed by atoms with Crippen molar-refractivity contribution in [1.29, 1.82) is 0 Å². The molecule has 166 valence electrons. The molecule has 1 saturated carbocycles. The lowest BCUT2D eigenvalue weighted by atomic mass is 9.94. The van der Waals surface area contributed by atoms with Gasteiger partial charge in [-0.15, -0.1) is 0 Å². The molecule has 0 atom stereocenters. The Balaban J connectivity index is 1.64. The molecule has 2 heterocycles. The second-order valence-corrected chi connectivity index (χ2v) is 8.27. The number of urea groups is 1. The molecule has 1 aliphatic carbocycles. The van der Waals surface area contributed by atoms with Crippen LogP contribution in [0, 0.1) is 13.8 Å². The maximum absolute atomic E-state index is 11.9. The topological polar surface area (TPSA) is 112 Å². The first-order valence-electron chi connectivity index (χ1n) is 11.2. The molecule has 1 aliphatic rings. The third-order valence-electron chi connectivity index (χ3n) is 6.18. The summed E-state index contributed by atoms with van der Waals surface area (Å²) < 4.78 is 8.13. The number of amides is 2. The van der Waals surface area contributed by atoms with E-state index in [1.54, 1.807) is 4.90 Å². The second kappa shape index (κ2) is 10.1. The molecule has 8 heteroatoms. The summed E-state index contributed by atoms with van der Waals surface area (Å²) in [6.07, 6.45) is 7.54. The molecule has 2 amide bonds. The van der Waals surface area contributed by atoms with Gasteiger partial charge in [-0.05, 0) is 38.7 Å². The summed E-state index contributed by atoms with van der Waals surface area (Å²) in [4.78, 5) is 22.9. The number of imidazole rings is 1. The normalized spacial score (nSPS) is 15.0. The number of nitrogens with two attached hydrogens (primary N) is 2. The standard InChI is InChI=1S/C22H36N6O2/c1-4-8-18-26-19-20(15(2)16(3)25-21(19)23)28(18)12-14-30-13-11-27(22(24)29)17-9-6-5-7-10-17/h17H,4-14H2,1-3H3,(H2,23,25)(H2,24,29). The van der Waals surface area contributed by atoms with E-state index in [2.05, 4.69) is 23.4 Å². The molecule has 0 aromatic carbocycles. The van der Waals surface area contributed by atoms with E-state index in [1.165, 1.54) is 19.3 Å². The summed E-state index contributed by atoms with van der Waals surface area (Å²) in [5.74, 6) is 1.49. The van der Waals surface area contributed by atoms with Gasteiger partial charge >= 0.3 is 6.03 Å². The van der Waals surface area contributed by atoms with Crippen LogP contribution in [0.4, 0.5) is 10.6 Å². The van der Waals surface area contributed by atoms with Gasteiger partial charge in [0.1, 0.15) is 11.3 Å². The molecule has 0 radical (unpaired) electrons. The molecular weight excluding hydrogens is 380 g/mol. The summed E-state index contributed by atoms with van der Waals surface area (Å²) in [6.45, 7) is 8.44. The van der Waals surface area contributed by atoms with E-state index in [9.17, 15) is 4.79 Å². The Morgan fingerprint density at radius 2 is 1.93 bits per heavy atom. The van der Waals surface area contributed by atoms with Gasteiger partial charge in [-0.25, -0.2) is 14.8 Å². The highest BCUT2D eigenvalue weighted by atomic mass is 16.5. The summed E-state index contributed by atoms with van der Waals surface area (Å²) >= 11 is 0. The number of pyridine rings is 1. The zero-order valence-electron chi connectivity index (χ0n) is 18.6. The lowest BCUT2D eigenvalue weighted by Crippen LogP contribution is -2.46. The number of primary amides is 1. The summed E-state index contributed by atoms with van der Waals surface area (Å²) in [5, 5.41) is 0. The Kier molecular flexibility index (Phi) is 7.53. The summed E-state index contributed by atoms with van der Waals surface area (Å²) in [7, 11) is 0. The van der Waals surface area contributed by atoms with Gasteiger partial charge in [0, 0.05) is 31.2 Å². The Morgan fingerprint density at radius 1 is 1.20 bits per heavy atom. The number of nitrogen functional groups attached to an aromatic ring is 1. The number of nitrogens with zero attached hydrogens (tertiary/aromatic N) is 4. The van der Waals surface area contributed by atoms with E-state index >= 15 is 0 Å². The first-order valence-corrected chi connectivity index (χ1v) is 11.2. The van der Waals surface area contributed by atoms with Crippen molar-refractivity contribution in [3.05, 3.63) is 17.1 Å². The molecule has 2 aromatic heterocycles. The largest absolute Gasteiger partial charge is 0.382 e. The number of rotatable bonds is 9. The maximum atomic E-state index is 11.9. The number of aromatic nitrogens is 3. The van der Waals surface area contributed by atoms with Gasteiger partial charge in [0.2, 0.25) is 0 Å². The molecule has 8 nitrogen and oxygen atoms in total. The highest BCUT2D eigenvalue weighted by Gasteiger charge is 2.23. The van der Waals surface area contributed by atoms with E-state index in [0.717, 1.165) is 53.8 Å². The fraction of sp³-hybridized carbons (Fsp3) is 0.682. The zero-order valence-corrected chi connectivity index (χ0v) is 18.6. The molecule has 4 N–H and O–H groups in total.